The highest BCUT2D eigenvalue weighted by Gasteiger charge is 2.24. The Morgan fingerprint density at radius 1 is 1.48 bits per heavy atom. The molecule has 0 spiro atoms. The van der Waals surface area contributed by atoms with Crippen LogP contribution in [0.25, 0.3) is 0 Å². The number of nitrogen functional groups attached to an aromatic ring is 1. The van der Waals surface area contributed by atoms with Gasteiger partial charge in [-0.25, -0.2) is 4.98 Å². The maximum atomic E-state index is 12.4. The van der Waals surface area contributed by atoms with Crippen LogP contribution in [0.15, 0.2) is 0 Å². The van der Waals surface area contributed by atoms with Gasteiger partial charge in [-0.05, 0) is 38.9 Å². The number of carbonyl (C=O) groups excluding carboxylic acids is 1. The van der Waals surface area contributed by atoms with Gasteiger partial charge in [0, 0.05) is 24.9 Å². The van der Waals surface area contributed by atoms with Crippen LogP contribution in [0, 0.1) is 0 Å². The first kappa shape index (κ1) is 16.4. The smallest absolute Gasteiger partial charge is 0.265 e. The van der Waals surface area contributed by atoms with E-state index in [2.05, 4.69) is 16.6 Å². The number of hydrogen-bond acceptors (Lipinski definition) is 6. The zero-order valence-electron chi connectivity index (χ0n) is 12.9. The van der Waals surface area contributed by atoms with Gasteiger partial charge in [-0.1, -0.05) is 11.3 Å². The van der Waals surface area contributed by atoms with Gasteiger partial charge in [0.2, 0.25) is 0 Å². The van der Waals surface area contributed by atoms with Crippen molar-refractivity contribution in [3.05, 3.63) is 4.88 Å². The fourth-order valence-electron chi connectivity index (χ4n) is 2.48. The van der Waals surface area contributed by atoms with Crippen molar-refractivity contribution in [3.8, 4) is 0 Å². The van der Waals surface area contributed by atoms with Gasteiger partial charge in [0.05, 0.1) is 0 Å². The summed E-state index contributed by atoms with van der Waals surface area (Å²) in [4.78, 5) is 19.2. The molecule has 118 valence electrons. The lowest BCUT2D eigenvalue weighted by Crippen LogP contribution is -2.38. The number of nitrogens with two attached hydrogens (primary N) is 1. The molecular weight excluding hydrogens is 304 g/mol. The van der Waals surface area contributed by atoms with Crippen LogP contribution < -0.4 is 16.0 Å². The van der Waals surface area contributed by atoms with Crippen LogP contribution >= 0.6 is 23.1 Å². The Morgan fingerprint density at radius 2 is 2.14 bits per heavy atom. The molecule has 7 heteroatoms. The van der Waals surface area contributed by atoms with Crippen molar-refractivity contribution < 1.29 is 4.79 Å². The molecule has 0 radical (unpaired) electrons. The highest BCUT2D eigenvalue weighted by molar-refractivity contribution is 7.99. The normalized spacial score (nSPS) is 22.0. The molecule has 0 saturated heterocycles. The SMILES string of the molecule is CCN(C)c1nc(N)c(C(=O)NC2CCC(SC)CC2)s1. The number of nitrogens with zero attached hydrogens (tertiary/aromatic N) is 2. The van der Waals surface area contributed by atoms with Crippen LogP contribution in [-0.2, 0) is 0 Å². The number of aromatic nitrogens is 1. The molecule has 1 heterocycles. The minimum Gasteiger partial charge on any atom is -0.382 e. The molecule has 21 heavy (non-hydrogen) atoms. The van der Waals surface area contributed by atoms with Crippen LogP contribution in [0.3, 0.4) is 0 Å². The first-order valence-electron chi connectivity index (χ1n) is 7.36. The van der Waals surface area contributed by atoms with E-state index in [1.54, 1.807) is 0 Å². The van der Waals surface area contributed by atoms with Crippen molar-refractivity contribution in [2.45, 2.75) is 43.9 Å². The van der Waals surface area contributed by atoms with Gasteiger partial charge in [0.1, 0.15) is 10.7 Å². The summed E-state index contributed by atoms with van der Waals surface area (Å²) in [5.41, 5.74) is 5.89. The van der Waals surface area contributed by atoms with Gasteiger partial charge in [0.25, 0.3) is 5.91 Å². The van der Waals surface area contributed by atoms with Gasteiger partial charge in [-0.3, -0.25) is 4.79 Å². The average Bonchev–Trinajstić information content (AvgIpc) is 2.89. The van der Waals surface area contributed by atoms with Crippen molar-refractivity contribution in [2.24, 2.45) is 0 Å². The van der Waals surface area contributed by atoms with Crippen LogP contribution in [-0.4, -0.2) is 42.0 Å². The number of thioether (sulfide) groups is 1. The molecule has 1 aromatic heterocycles. The fourth-order valence-corrected chi connectivity index (χ4v) is 4.13. The number of nitrogens with one attached hydrogen (secondary N) is 1. The third-order valence-corrected chi connectivity index (χ3v) is 6.31. The highest BCUT2D eigenvalue weighted by Crippen LogP contribution is 2.29. The topological polar surface area (TPSA) is 71.2 Å². The van der Waals surface area contributed by atoms with Crippen molar-refractivity contribution >= 4 is 40.0 Å². The third-order valence-electron chi connectivity index (χ3n) is 3.99. The van der Waals surface area contributed by atoms with E-state index in [-0.39, 0.29) is 11.9 Å². The second-order valence-corrected chi connectivity index (χ2v) is 7.52. The molecule has 1 saturated carbocycles. The molecule has 5 nitrogen and oxygen atoms in total. The van der Waals surface area contributed by atoms with Crippen LogP contribution in [0.2, 0.25) is 0 Å². The summed E-state index contributed by atoms with van der Waals surface area (Å²) in [7, 11) is 1.95. The zero-order chi connectivity index (χ0) is 15.4. The molecule has 1 amide bonds. The second kappa shape index (κ2) is 7.35. The summed E-state index contributed by atoms with van der Waals surface area (Å²) in [6, 6.07) is 0.273. The van der Waals surface area contributed by atoms with Crippen molar-refractivity contribution in [1.82, 2.24) is 10.3 Å². The summed E-state index contributed by atoms with van der Waals surface area (Å²) < 4.78 is 0. The maximum Gasteiger partial charge on any atom is 0.265 e. The first-order chi connectivity index (χ1) is 10.0. The van der Waals surface area contributed by atoms with Gasteiger partial charge < -0.3 is 16.0 Å². The minimum atomic E-state index is -0.0756. The summed E-state index contributed by atoms with van der Waals surface area (Å²) in [5, 5.41) is 4.66. The van der Waals surface area contributed by atoms with Crippen molar-refractivity contribution in [3.63, 3.8) is 0 Å². The molecule has 3 N–H and O–H groups in total. The molecule has 0 unspecified atom stereocenters. The van der Waals surface area contributed by atoms with Crippen LogP contribution in [0.1, 0.15) is 42.3 Å². The van der Waals surface area contributed by atoms with Gasteiger partial charge in [-0.15, -0.1) is 0 Å². The van der Waals surface area contributed by atoms with E-state index in [1.807, 2.05) is 30.6 Å². The van der Waals surface area contributed by atoms with E-state index < -0.39 is 0 Å². The van der Waals surface area contributed by atoms with E-state index in [0.29, 0.717) is 10.7 Å². The number of hydrogen-bond donors (Lipinski definition) is 2. The Balaban J connectivity index is 1.96. The van der Waals surface area contributed by atoms with E-state index in [4.69, 9.17) is 5.73 Å². The molecule has 0 atom stereocenters. The van der Waals surface area contributed by atoms with Crippen molar-refractivity contribution in [2.75, 3.05) is 30.5 Å². The molecule has 1 aliphatic rings. The summed E-state index contributed by atoms with van der Waals surface area (Å²) in [5.74, 6) is 0.263. The molecule has 0 aliphatic heterocycles. The Hall–Kier alpha value is -0.950. The van der Waals surface area contributed by atoms with Crippen molar-refractivity contribution in [1.29, 1.82) is 0 Å². The lowest BCUT2D eigenvalue weighted by molar-refractivity contribution is 0.0933. The maximum absolute atomic E-state index is 12.4. The van der Waals surface area contributed by atoms with Gasteiger partial charge >= 0.3 is 0 Å². The Morgan fingerprint density at radius 3 is 2.71 bits per heavy atom. The van der Waals surface area contributed by atoms with Crippen LogP contribution in [0.5, 0.6) is 0 Å². The monoisotopic (exact) mass is 328 g/mol. The van der Waals surface area contributed by atoms with E-state index in [9.17, 15) is 4.79 Å². The van der Waals surface area contributed by atoms with E-state index >= 15 is 0 Å². The average molecular weight is 329 g/mol. The Bertz CT molecular complexity index is 483. The highest BCUT2D eigenvalue weighted by atomic mass is 32.2. The van der Waals surface area contributed by atoms with E-state index in [1.165, 1.54) is 24.2 Å². The number of amides is 1. The quantitative estimate of drug-likeness (QED) is 0.869. The van der Waals surface area contributed by atoms with Gasteiger partial charge in [-0.2, -0.15) is 11.8 Å². The number of anilines is 2. The zero-order valence-corrected chi connectivity index (χ0v) is 14.5. The molecule has 1 aromatic rings. The first-order valence-corrected chi connectivity index (χ1v) is 9.46. The molecule has 2 rings (SSSR count). The fraction of sp³-hybridized carbons (Fsp3) is 0.714. The summed E-state index contributed by atoms with van der Waals surface area (Å²) >= 11 is 3.30. The third kappa shape index (κ3) is 4.03. The molecular formula is C14H24N4OS2. The predicted molar refractivity (Wildman–Crippen MR) is 92.5 cm³/mol. The second-order valence-electron chi connectivity index (χ2n) is 5.41. The summed E-state index contributed by atoms with van der Waals surface area (Å²) in [6.07, 6.45) is 6.62. The molecule has 0 aromatic carbocycles. The minimum absolute atomic E-state index is 0.0756. The van der Waals surface area contributed by atoms with E-state index in [0.717, 1.165) is 29.8 Å². The number of carbonyl (C=O) groups is 1. The van der Waals surface area contributed by atoms with Crippen LogP contribution in [0.4, 0.5) is 10.9 Å². The lowest BCUT2D eigenvalue weighted by Gasteiger charge is -2.27. The molecule has 1 aliphatic carbocycles. The summed E-state index contributed by atoms with van der Waals surface area (Å²) in [6.45, 7) is 2.88. The Labute approximate surface area is 134 Å². The lowest BCUT2D eigenvalue weighted by atomic mass is 9.95. The number of rotatable bonds is 5. The Kier molecular flexibility index (Phi) is 5.75. The number of thiazole rings is 1. The largest absolute Gasteiger partial charge is 0.382 e. The standard InChI is InChI=1S/C14H24N4OS2/c1-4-18(2)14-17-12(15)11(21-14)13(19)16-9-5-7-10(20-3)8-6-9/h9-10H,4-8,15H2,1-3H3,(H,16,19). The molecule has 1 fully saturated rings. The van der Waals surface area contributed by atoms with Gasteiger partial charge in [0.15, 0.2) is 5.13 Å². The molecule has 0 bridgehead atoms. The predicted octanol–water partition coefficient (Wildman–Crippen LogP) is 2.59.